The van der Waals surface area contributed by atoms with E-state index in [4.69, 9.17) is 33.2 Å². The average Bonchev–Trinajstić information content (AvgIpc) is 2.22. The molecule has 15 heavy (non-hydrogen) atoms. The molecule has 4 heteroatoms. The van der Waals surface area contributed by atoms with E-state index in [0.717, 1.165) is 6.42 Å². The second-order valence-corrected chi connectivity index (χ2v) is 3.93. The molecule has 0 saturated carbocycles. The topological polar surface area (TPSA) is 33.0 Å². The predicted molar refractivity (Wildman–Crippen MR) is 61.4 cm³/mol. The molecule has 2 nitrogen and oxygen atoms in total. The molecule has 0 heterocycles. The third-order valence-corrected chi connectivity index (χ3v) is 2.51. The van der Waals surface area contributed by atoms with Crippen LogP contribution in [0.1, 0.15) is 19.8 Å². The van der Waals surface area contributed by atoms with Crippen molar-refractivity contribution in [3.8, 4) is 11.8 Å². The van der Waals surface area contributed by atoms with Crippen molar-refractivity contribution in [1.82, 2.24) is 0 Å². The van der Waals surface area contributed by atoms with Crippen LogP contribution in [0.4, 0.5) is 0 Å². The summed E-state index contributed by atoms with van der Waals surface area (Å²) >= 11 is 11.7. The summed E-state index contributed by atoms with van der Waals surface area (Å²) in [6.07, 6.45) is 0.974. The quantitative estimate of drug-likeness (QED) is 0.799. The second kappa shape index (κ2) is 5.85. The molecule has 0 spiro atoms. The smallest absolute Gasteiger partial charge is 0.139 e. The van der Waals surface area contributed by atoms with E-state index in [9.17, 15) is 0 Å². The minimum Gasteiger partial charge on any atom is -0.488 e. The summed E-state index contributed by atoms with van der Waals surface area (Å²) in [6, 6.07) is 7.10. The lowest BCUT2D eigenvalue weighted by atomic mass is 10.2. The molecule has 0 aromatic heterocycles. The van der Waals surface area contributed by atoms with Crippen LogP contribution in [0.5, 0.6) is 5.75 Å². The molecule has 0 N–H and O–H groups in total. The fourth-order valence-corrected chi connectivity index (χ4v) is 1.44. The van der Waals surface area contributed by atoms with Crippen molar-refractivity contribution in [2.75, 3.05) is 0 Å². The lowest BCUT2D eigenvalue weighted by Gasteiger charge is -2.15. The zero-order valence-electron chi connectivity index (χ0n) is 8.34. The largest absolute Gasteiger partial charge is 0.488 e. The highest BCUT2D eigenvalue weighted by atomic mass is 35.5. The van der Waals surface area contributed by atoms with E-state index < -0.39 is 0 Å². The molecule has 0 fully saturated rings. The van der Waals surface area contributed by atoms with E-state index in [-0.39, 0.29) is 6.10 Å². The van der Waals surface area contributed by atoms with Gasteiger partial charge >= 0.3 is 0 Å². The van der Waals surface area contributed by atoms with E-state index in [1.807, 2.05) is 6.92 Å². The molecule has 1 rings (SSSR count). The Morgan fingerprint density at radius 3 is 2.80 bits per heavy atom. The minimum absolute atomic E-state index is 0.133. The van der Waals surface area contributed by atoms with Crippen molar-refractivity contribution in [3.05, 3.63) is 28.2 Å². The summed E-state index contributed by atoms with van der Waals surface area (Å²) < 4.78 is 5.58. The fourth-order valence-electron chi connectivity index (χ4n) is 1.12. The fraction of sp³-hybridized carbons (Fsp3) is 0.364. The summed E-state index contributed by atoms with van der Waals surface area (Å²) in [4.78, 5) is 0. The van der Waals surface area contributed by atoms with Crippen LogP contribution >= 0.6 is 23.2 Å². The Morgan fingerprint density at radius 2 is 2.20 bits per heavy atom. The summed E-state index contributed by atoms with van der Waals surface area (Å²) in [7, 11) is 0. The first-order valence-corrected chi connectivity index (χ1v) is 5.41. The number of benzene rings is 1. The summed E-state index contributed by atoms with van der Waals surface area (Å²) in [5.74, 6) is 0.534. The van der Waals surface area contributed by atoms with Gasteiger partial charge in [0.1, 0.15) is 11.9 Å². The van der Waals surface area contributed by atoms with E-state index >= 15 is 0 Å². The first-order chi connectivity index (χ1) is 7.17. The lowest BCUT2D eigenvalue weighted by Crippen LogP contribution is -2.14. The molecular weight excluding hydrogens is 233 g/mol. The molecule has 1 atom stereocenters. The third-order valence-electron chi connectivity index (χ3n) is 1.96. The number of rotatable bonds is 4. The van der Waals surface area contributed by atoms with Crippen LogP contribution in [0.15, 0.2) is 18.2 Å². The normalized spacial score (nSPS) is 11.9. The number of nitrogens with zero attached hydrogens (tertiary/aromatic N) is 1. The summed E-state index contributed by atoms with van der Waals surface area (Å²) in [5.41, 5.74) is 0. The van der Waals surface area contributed by atoms with Gasteiger partial charge in [-0.3, -0.25) is 0 Å². The molecule has 1 aromatic rings. The van der Waals surface area contributed by atoms with Crippen molar-refractivity contribution >= 4 is 23.2 Å². The zero-order valence-corrected chi connectivity index (χ0v) is 9.85. The molecule has 0 aliphatic carbocycles. The van der Waals surface area contributed by atoms with E-state index in [2.05, 4.69) is 6.07 Å². The van der Waals surface area contributed by atoms with Gasteiger partial charge in [-0.25, -0.2) is 0 Å². The van der Waals surface area contributed by atoms with E-state index in [1.54, 1.807) is 18.2 Å². The Morgan fingerprint density at radius 1 is 1.47 bits per heavy atom. The van der Waals surface area contributed by atoms with Gasteiger partial charge in [-0.15, -0.1) is 0 Å². The standard InChI is InChI=1S/C11H11Cl2NO/c1-2-9(5-6-14)15-11-7-8(12)3-4-10(11)13/h3-4,7,9H,2,5H2,1H3. The Labute approximate surface area is 99.4 Å². The summed E-state index contributed by atoms with van der Waals surface area (Å²) in [5, 5.41) is 9.66. The molecule has 1 aromatic carbocycles. The monoisotopic (exact) mass is 243 g/mol. The van der Waals surface area contributed by atoms with Crippen molar-refractivity contribution in [2.45, 2.75) is 25.9 Å². The maximum absolute atomic E-state index is 8.58. The molecule has 0 aliphatic heterocycles. The number of ether oxygens (including phenoxy) is 1. The molecular formula is C11H11Cl2NO. The van der Waals surface area contributed by atoms with Gasteiger partial charge in [0.2, 0.25) is 0 Å². The third kappa shape index (κ3) is 3.62. The van der Waals surface area contributed by atoms with Crippen LogP contribution in [0.25, 0.3) is 0 Å². The summed E-state index contributed by atoms with van der Waals surface area (Å²) in [6.45, 7) is 1.96. The maximum atomic E-state index is 8.58. The van der Waals surface area contributed by atoms with Gasteiger partial charge in [0.25, 0.3) is 0 Å². The van der Waals surface area contributed by atoms with Gasteiger partial charge < -0.3 is 4.74 Å². The van der Waals surface area contributed by atoms with Crippen molar-refractivity contribution in [3.63, 3.8) is 0 Å². The van der Waals surface area contributed by atoms with E-state index in [0.29, 0.717) is 22.2 Å². The number of nitriles is 1. The second-order valence-electron chi connectivity index (χ2n) is 3.09. The molecule has 0 bridgehead atoms. The van der Waals surface area contributed by atoms with Gasteiger partial charge in [-0.2, -0.15) is 5.26 Å². The van der Waals surface area contributed by atoms with Gasteiger partial charge in [-0.05, 0) is 18.6 Å². The molecule has 0 saturated heterocycles. The maximum Gasteiger partial charge on any atom is 0.139 e. The van der Waals surface area contributed by atoms with Crippen LogP contribution in [-0.4, -0.2) is 6.10 Å². The van der Waals surface area contributed by atoms with Crippen LogP contribution in [0, 0.1) is 11.3 Å². The van der Waals surface area contributed by atoms with Crippen molar-refractivity contribution in [2.24, 2.45) is 0 Å². The SMILES string of the molecule is CCC(CC#N)Oc1cc(Cl)ccc1Cl. The Kier molecular flexibility index (Phi) is 4.74. The van der Waals surface area contributed by atoms with Gasteiger partial charge in [-0.1, -0.05) is 30.1 Å². The first kappa shape index (κ1) is 12.2. The lowest BCUT2D eigenvalue weighted by molar-refractivity contribution is 0.202. The van der Waals surface area contributed by atoms with Crippen molar-refractivity contribution in [1.29, 1.82) is 5.26 Å². The highest BCUT2D eigenvalue weighted by Gasteiger charge is 2.10. The van der Waals surface area contributed by atoms with E-state index in [1.165, 1.54) is 0 Å². The molecule has 1 unspecified atom stereocenters. The predicted octanol–water partition coefficient (Wildman–Crippen LogP) is 4.06. The minimum atomic E-state index is -0.133. The average molecular weight is 244 g/mol. The van der Waals surface area contributed by atoms with Crippen LogP contribution in [0.3, 0.4) is 0 Å². The number of hydrogen-bond acceptors (Lipinski definition) is 2. The highest BCUT2D eigenvalue weighted by Crippen LogP contribution is 2.29. The highest BCUT2D eigenvalue weighted by molar-refractivity contribution is 6.34. The Bertz CT molecular complexity index is 373. The van der Waals surface area contributed by atoms with Crippen molar-refractivity contribution < 1.29 is 4.74 Å². The van der Waals surface area contributed by atoms with Gasteiger partial charge in [0, 0.05) is 11.1 Å². The van der Waals surface area contributed by atoms with Crippen LogP contribution < -0.4 is 4.74 Å². The molecule has 0 amide bonds. The van der Waals surface area contributed by atoms with Gasteiger partial charge in [0.05, 0.1) is 17.5 Å². The zero-order chi connectivity index (χ0) is 11.3. The Balaban J connectivity index is 2.78. The Hall–Kier alpha value is -0.910. The molecule has 0 aliphatic rings. The molecule has 80 valence electrons. The number of hydrogen-bond donors (Lipinski definition) is 0. The van der Waals surface area contributed by atoms with Crippen LogP contribution in [0.2, 0.25) is 10.0 Å². The van der Waals surface area contributed by atoms with Crippen LogP contribution in [-0.2, 0) is 0 Å². The number of halogens is 2. The first-order valence-electron chi connectivity index (χ1n) is 4.66. The van der Waals surface area contributed by atoms with Gasteiger partial charge in [0.15, 0.2) is 0 Å². The molecule has 0 radical (unpaired) electrons.